The minimum absolute atomic E-state index is 0.238. The Hall–Kier alpha value is -3.49. The highest BCUT2D eigenvalue weighted by atomic mass is 79.9. The number of para-hydroxylation sites is 1. The summed E-state index contributed by atoms with van der Waals surface area (Å²) in [6.45, 7) is 1.97. The number of benzene rings is 2. The molecule has 0 amide bonds. The van der Waals surface area contributed by atoms with Gasteiger partial charge in [0.2, 0.25) is 10.8 Å². The van der Waals surface area contributed by atoms with Crippen molar-refractivity contribution < 1.29 is 8.83 Å². The summed E-state index contributed by atoms with van der Waals surface area (Å²) in [7, 11) is 0. The van der Waals surface area contributed by atoms with Crippen LogP contribution in [0, 0.1) is 6.92 Å². The lowest BCUT2D eigenvalue weighted by atomic mass is 10.1. The average Bonchev–Trinajstić information content (AvgIpc) is 3.55. The Morgan fingerprint density at radius 3 is 2.75 bits per heavy atom. The highest BCUT2D eigenvalue weighted by Crippen LogP contribution is 2.31. The molecule has 0 unspecified atom stereocenters. The van der Waals surface area contributed by atoms with Gasteiger partial charge in [-0.1, -0.05) is 57.6 Å². The molecule has 0 atom stereocenters. The minimum Gasteiger partial charge on any atom is -0.457 e. The molecule has 2 aromatic carbocycles. The van der Waals surface area contributed by atoms with Crippen LogP contribution in [0.3, 0.4) is 0 Å². The van der Waals surface area contributed by atoms with E-state index in [0.29, 0.717) is 26.8 Å². The molecule has 0 saturated heterocycles. The van der Waals surface area contributed by atoms with Crippen LogP contribution in [0.4, 0.5) is 0 Å². The summed E-state index contributed by atoms with van der Waals surface area (Å²) in [6.07, 6.45) is 1.72. The highest BCUT2D eigenvalue weighted by molar-refractivity contribution is 9.10. The Balaban J connectivity index is 1.40. The third-order valence-corrected chi connectivity index (χ3v) is 6.69. The smallest absolute Gasteiger partial charge is 0.291 e. The van der Waals surface area contributed by atoms with Gasteiger partial charge < -0.3 is 8.83 Å². The Morgan fingerprint density at radius 2 is 1.94 bits per heavy atom. The van der Waals surface area contributed by atoms with Crippen LogP contribution in [-0.2, 0) is 0 Å². The van der Waals surface area contributed by atoms with Gasteiger partial charge in [-0.25, -0.2) is 0 Å². The summed E-state index contributed by atoms with van der Waals surface area (Å²) in [5.74, 6) is 2.31. The number of thiazole rings is 1. The van der Waals surface area contributed by atoms with Crippen molar-refractivity contribution in [1.82, 2.24) is 14.6 Å². The third kappa shape index (κ3) is 3.11. The molecule has 8 heteroatoms. The van der Waals surface area contributed by atoms with Crippen LogP contribution in [-0.4, -0.2) is 14.6 Å². The lowest BCUT2D eigenvalue weighted by Gasteiger charge is -1.96. The lowest BCUT2D eigenvalue weighted by Crippen LogP contribution is -2.23. The zero-order valence-corrected chi connectivity index (χ0v) is 19.1. The van der Waals surface area contributed by atoms with Gasteiger partial charge in [0.1, 0.15) is 21.6 Å². The molecule has 0 saturated carbocycles. The van der Waals surface area contributed by atoms with Crippen molar-refractivity contribution in [1.29, 1.82) is 0 Å². The molecule has 0 fully saturated rings. The summed E-state index contributed by atoms with van der Waals surface area (Å²) >= 11 is 4.74. The maximum Gasteiger partial charge on any atom is 0.291 e. The molecule has 6 nitrogen and oxygen atoms in total. The number of halogens is 1. The Bertz CT molecular complexity index is 1740. The lowest BCUT2D eigenvalue weighted by molar-refractivity contribution is 0.571. The fraction of sp³-hybridized carbons (Fsp3) is 0.0417. The van der Waals surface area contributed by atoms with Crippen molar-refractivity contribution in [3.05, 3.63) is 91.3 Å². The first-order valence-electron chi connectivity index (χ1n) is 9.82. The molecule has 4 aromatic heterocycles. The van der Waals surface area contributed by atoms with Crippen molar-refractivity contribution >= 4 is 49.3 Å². The molecule has 0 aliphatic heterocycles. The van der Waals surface area contributed by atoms with Crippen LogP contribution >= 0.6 is 27.3 Å². The van der Waals surface area contributed by atoms with Crippen molar-refractivity contribution in [2.24, 2.45) is 0 Å². The average molecular weight is 504 g/mol. The van der Waals surface area contributed by atoms with E-state index in [9.17, 15) is 4.79 Å². The molecule has 156 valence electrons. The molecule has 0 radical (unpaired) electrons. The molecular formula is C24H14BrN3O3S. The SMILES string of the molecule is Cc1c(-c2nc3sc(=Cc4ccc(-c5cccc(Br)c5)o4)c(=O)n3n2)oc2ccccc12. The Kier molecular flexibility index (Phi) is 4.38. The Morgan fingerprint density at radius 1 is 1.06 bits per heavy atom. The zero-order valence-electron chi connectivity index (χ0n) is 16.7. The van der Waals surface area contributed by atoms with Crippen molar-refractivity contribution in [2.45, 2.75) is 6.92 Å². The Labute approximate surface area is 193 Å². The summed E-state index contributed by atoms with van der Waals surface area (Å²) in [5.41, 5.74) is 2.44. The number of aryl methyl sites for hydroxylation is 1. The largest absolute Gasteiger partial charge is 0.457 e. The van der Waals surface area contributed by atoms with Gasteiger partial charge in [0.25, 0.3) is 5.56 Å². The minimum atomic E-state index is -0.238. The van der Waals surface area contributed by atoms with E-state index in [1.807, 2.05) is 67.6 Å². The molecule has 0 bridgehead atoms. The van der Waals surface area contributed by atoms with Crippen molar-refractivity contribution in [3.63, 3.8) is 0 Å². The van der Waals surface area contributed by atoms with Gasteiger partial charge in [0, 0.05) is 27.1 Å². The van der Waals surface area contributed by atoms with Gasteiger partial charge in [-0.05, 0) is 37.3 Å². The maximum atomic E-state index is 12.9. The zero-order chi connectivity index (χ0) is 21.8. The van der Waals surface area contributed by atoms with Crippen LogP contribution in [0.2, 0.25) is 0 Å². The molecular weight excluding hydrogens is 490 g/mol. The van der Waals surface area contributed by atoms with Gasteiger partial charge >= 0.3 is 0 Å². The second-order valence-corrected chi connectivity index (χ2v) is 9.24. The quantitative estimate of drug-likeness (QED) is 0.321. The predicted octanol–water partition coefficient (Wildman–Crippen LogP) is 5.44. The van der Waals surface area contributed by atoms with E-state index in [1.54, 1.807) is 6.08 Å². The van der Waals surface area contributed by atoms with Crippen LogP contribution < -0.4 is 10.1 Å². The summed E-state index contributed by atoms with van der Waals surface area (Å²) in [5, 5.41) is 5.43. The number of furan rings is 2. The van der Waals surface area contributed by atoms with Crippen molar-refractivity contribution in [2.75, 3.05) is 0 Å². The topological polar surface area (TPSA) is 73.5 Å². The van der Waals surface area contributed by atoms with E-state index in [2.05, 4.69) is 26.0 Å². The molecule has 0 N–H and O–H groups in total. The predicted molar refractivity (Wildman–Crippen MR) is 128 cm³/mol. The molecule has 6 aromatic rings. The van der Waals surface area contributed by atoms with Gasteiger partial charge in [0.05, 0.1) is 0 Å². The van der Waals surface area contributed by atoms with Crippen molar-refractivity contribution in [3.8, 4) is 22.9 Å². The highest BCUT2D eigenvalue weighted by Gasteiger charge is 2.19. The van der Waals surface area contributed by atoms with Gasteiger partial charge in [0.15, 0.2) is 5.76 Å². The van der Waals surface area contributed by atoms with Crippen LogP contribution in [0.25, 0.3) is 44.9 Å². The number of nitrogens with zero attached hydrogens (tertiary/aromatic N) is 3. The molecule has 0 aliphatic rings. The molecule has 4 heterocycles. The molecule has 0 aliphatic carbocycles. The normalized spacial score (nSPS) is 12.4. The third-order valence-electron chi connectivity index (χ3n) is 5.24. The monoisotopic (exact) mass is 503 g/mol. The van der Waals surface area contributed by atoms with E-state index in [-0.39, 0.29) is 5.56 Å². The number of aromatic nitrogens is 3. The number of hydrogen-bond acceptors (Lipinski definition) is 6. The second kappa shape index (κ2) is 7.29. The van der Waals surface area contributed by atoms with Gasteiger partial charge in [-0.2, -0.15) is 9.50 Å². The standard InChI is InChI=1S/C24H14BrN3O3S/c1-13-17-7-2-3-8-19(17)31-21(13)22-26-24-28(27-22)23(29)20(32-24)12-16-9-10-18(30-16)14-5-4-6-15(25)11-14/h2-12H,1H3. The van der Waals surface area contributed by atoms with Gasteiger partial charge in [-0.15, -0.1) is 5.10 Å². The fourth-order valence-corrected chi connectivity index (χ4v) is 4.96. The van der Waals surface area contributed by atoms with Crippen LogP contribution in [0.15, 0.2) is 78.8 Å². The second-order valence-electron chi connectivity index (χ2n) is 7.31. The first kappa shape index (κ1) is 19.2. The summed E-state index contributed by atoms with van der Waals surface area (Å²) in [6, 6.07) is 19.4. The van der Waals surface area contributed by atoms with Gasteiger partial charge in [-0.3, -0.25) is 4.79 Å². The maximum absolute atomic E-state index is 12.9. The number of hydrogen-bond donors (Lipinski definition) is 0. The van der Waals surface area contributed by atoms with E-state index in [1.165, 1.54) is 15.9 Å². The first-order valence-corrected chi connectivity index (χ1v) is 11.4. The van der Waals surface area contributed by atoms with E-state index in [0.717, 1.165) is 32.3 Å². The number of fused-ring (bicyclic) bond motifs is 2. The van der Waals surface area contributed by atoms with E-state index in [4.69, 9.17) is 8.83 Å². The van der Waals surface area contributed by atoms with Crippen LogP contribution in [0.1, 0.15) is 11.3 Å². The van der Waals surface area contributed by atoms with E-state index < -0.39 is 0 Å². The fourth-order valence-electron chi connectivity index (χ4n) is 3.67. The number of rotatable bonds is 3. The van der Waals surface area contributed by atoms with E-state index >= 15 is 0 Å². The summed E-state index contributed by atoms with van der Waals surface area (Å²) in [4.78, 5) is 18.0. The summed E-state index contributed by atoms with van der Waals surface area (Å²) < 4.78 is 14.7. The first-order chi connectivity index (χ1) is 15.6. The molecule has 32 heavy (non-hydrogen) atoms. The molecule has 6 rings (SSSR count). The molecule has 0 spiro atoms. The van der Waals surface area contributed by atoms with Crippen LogP contribution in [0.5, 0.6) is 0 Å².